The molecule has 2 aromatic rings. The number of allylic oxidation sites excluding steroid dienone is 2. The Morgan fingerprint density at radius 3 is 2.38 bits per heavy atom. The van der Waals surface area contributed by atoms with Crippen molar-refractivity contribution in [2.24, 2.45) is 11.8 Å². The Balaban J connectivity index is 0.000000386. The summed E-state index contributed by atoms with van der Waals surface area (Å²) in [5, 5.41) is 47.2. The van der Waals surface area contributed by atoms with Crippen LogP contribution in [0.3, 0.4) is 0 Å². The van der Waals surface area contributed by atoms with Crippen LogP contribution < -0.4 is 15.4 Å². The summed E-state index contributed by atoms with van der Waals surface area (Å²) in [6.07, 6.45) is 9.15. The number of fused-ring (bicyclic) bond motifs is 1. The van der Waals surface area contributed by atoms with E-state index in [1.807, 2.05) is 56.3 Å². The summed E-state index contributed by atoms with van der Waals surface area (Å²) in [5.41, 5.74) is 3.01. The third-order valence-corrected chi connectivity index (χ3v) is 9.47. The Hall–Kier alpha value is -2.99. The number of anilines is 1. The fourth-order valence-electron chi connectivity index (χ4n) is 6.67. The highest BCUT2D eigenvalue weighted by Crippen LogP contribution is 2.38. The monoisotopic (exact) mass is 760 g/mol. The lowest BCUT2D eigenvalue weighted by Crippen LogP contribution is -2.42. The Morgan fingerprint density at radius 2 is 1.68 bits per heavy atom. The van der Waals surface area contributed by atoms with E-state index in [2.05, 4.69) is 49.6 Å². The van der Waals surface area contributed by atoms with E-state index in [0.717, 1.165) is 36.3 Å². The van der Waals surface area contributed by atoms with Crippen molar-refractivity contribution in [3.63, 3.8) is 0 Å². The van der Waals surface area contributed by atoms with Crippen LogP contribution in [0.5, 0.6) is 5.75 Å². The van der Waals surface area contributed by atoms with Crippen LogP contribution in [0.25, 0.3) is 0 Å². The topological polar surface area (TPSA) is 158 Å². The first-order valence-electron chi connectivity index (χ1n) is 19.1. The highest BCUT2D eigenvalue weighted by atomic mass is 35.5. The highest BCUT2D eigenvalue weighted by molar-refractivity contribution is 5.94. The van der Waals surface area contributed by atoms with Crippen molar-refractivity contribution in [3.8, 4) is 5.75 Å². The number of benzene rings is 2. The van der Waals surface area contributed by atoms with Crippen molar-refractivity contribution in [2.45, 2.75) is 141 Å². The van der Waals surface area contributed by atoms with E-state index < -0.39 is 24.4 Å². The highest BCUT2D eigenvalue weighted by Gasteiger charge is 2.40. The molecular weight excluding hydrogens is 696 g/mol. The molecule has 4 rings (SSSR count). The molecule has 0 aromatic heterocycles. The number of hydrogen-bond donors (Lipinski definition) is 6. The van der Waals surface area contributed by atoms with Gasteiger partial charge in [0.2, 0.25) is 5.91 Å². The van der Waals surface area contributed by atoms with E-state index in [1.54, 1.807) is 0 Å². The van der Waals surface area contributed by atoms with Crippen molar-refractivity contribution in [3.05, 3.63) is 71.8 Å². The number of ether oxygens (including phenoxy) is 2. The number of esters is 1. The first kappa shape index (κ1) is 46.2. The standard InChI is InChI=1S/C26H40O5.C16H24N2O3.ClH/c1-19(2)31-26(30)13-9-4-3-8-12-22-23(25(29)18-24(22)28)17-16-21(27)15-14-20-10-6-5-7-11-20;1-16(2,3)17-9-11(19)10-21-14-6-4-5-13-12(14)7-8-15(20)18-13;/h3,5-8,10-11,19,21-25,27-29H,4,9,12-18H2,1-2H3;4-6,11,17,19H,7-10H2,1-3H3,(H,18,20);1H/b8-3-;;/t21-,22+,23+,24-,25+;;/m0../s1. The number of rotatable bonds is 18. The Kier molecular flexibility index (Phi) is 20.7. The van der Waals surface area contributed by atoms with Gasteiger partial charge in [-0.1, -0.05) is 48.6 Å². The lowest BCUT2D eigenvalue weighted by atomic mass is 9.85. The number of aliphatic hydroxyl groups excluding tert-OH is 4. The van der Waals surface area contributed by atoms with Gasteiger partial charge in [-0.25, -0.2) is 0 Å². The van der Waals surface area contributed by atoms with Crippen LogP contribution in [0.1, 0.15) is 104 Å². The van der Waals surface area contributed by atoms with Crippen molar-refractivity contribution in [2.75, 3.05) is 18.5 Å². The van der Waals surface area contributed by atoms with Crippen molar-refractivity contribution >= 4 is 30.0 Å². The number of hydrogen-bond acceptors (Lipinski definition) is 9. The van der Waals surface area contributed by atoms with Crippen LogP contribution >= 0.6 is 12.4 Å². The van der Waals surface area contributed by atoms with Gasteiger partial charge in [0.05, 0.1) is 24.4 Å². The van der Waals surface area contributed by atoms with E-state index in [-0.39, 0.29) is 54.4 Å². The average Bonchev–Trinajstić information content (AvgIpc) is 3.36. The second kappa shape index (κ2) is 23.7. The van der Waals surface area contributed by atoms with Gasteiger partial charge < -0.3 is 40.5 Å². The molecule has 0 spiro atoms. The van der Waals surface area contributed by atoms with Crippen LogP contribution in [-0.2, 0) is 27.2 Å². The van der Waals surface area contributed by atoms with E-state index in [4.69, 9.17) is 9.47 Å². The van der Waals surface area contributed by atoms with E-state index in [9.17, 15) is 30.0 Å². The first-order chi connectivity index (χ1) is 24.7. The molecule has 1 heterocycles. The molecule has 2 aromatic carbocycles. The minimum absolute atomic E-state index is 0. The summed E-state index contributed by atoms with van der Waals surface area (Å²) in [6, 6.07) is 15.7. The summed E-state index contributed by atoms with van der Waals surface area (Å²) in [4.78, 5) is 22.9. The van der Waals surface area contributed by atoms with Gasteiger partial charge in [-0.05, 0) is 122 Å². The smallest absolute Gasteiger partial charge is 0.306 e. The van der Waals surface area contributed by atoms with Crippen LogP contribution in [0.2, 0.25) is 0 Å². The summed E-state index contributed by atoms with van der Waals surface area (Å²) < 4.78 is 10.8. The lowest BCUT2D eigenvalue weighted by Gasteiger charge is -2.24. The van der Waals surface area contributed by atoms with Gasteiger partial charge >= 0.3 is 5.97 Å². The number of carbonyl (C=O) groups excluding carboxylic acids is 2. The van der Waals surface area contributed by atoms with Gasteiger partial charge in [0, 0.05) is 36.2 Å². The molecule has 11 heteroatoms. The Bertz CT molecular complexity index is 1380. The number of aryl methyl sites for hydroxylation is 1. The molecule has 53 heavy (non-hydrogen) atoms. The fraction of sp³-hybridized carbons (Fsp3) is 0.619. The van der Waals surface area contributed by atoms with Gasteiger partial charge in [-0.2, -0.15) is 0 Å². The molecule has 298 valence electrons. The molecule has 10 nitrogen and oxygen atoms in total. The molecule has 1 fully saturated rings. The molecule has 0 radical (unpaired) electrons. The minimum atomic E-state index is -0.571. The maximum atomic E-state index is 11.5. The molecule has 6 atom stereocenters. The van der Waals surface area contributed by atoms with Crippen molar-refractivity contribution < 1.29 is 39.5 Å². The predicted octanol–water partition coefficient (Wildman–Crippen LogP) is 6.31. The second-order valence-electron chi connectivity index (χ2n) is 15.5. The summed E-state index contributed by atoms with van der Waals surface area (Å²) in [6.45, 7) is 10.6. The van der Waals surface area contributed by atoms with Gasteiger partial charge in [0.15, 0.2) is 0 Å². The minimum Gasteiger partial charge on any atom is -0.490 e. The van der Waals surface area contributed by atoms with Gasteiger partial charge in [-0.15, -0.1) is 12.4 Å². The van der Waals surface area contributed by atoms with Crippen LogP contribution in [0, 0.1) is 11.8 Å². The van der Waals surface area contributed by atoms with Crippen LogP contribution in [0.4, 0.5) is 5.69 Å². The van der Waals surface area contributed by atoms with Crippen LogP contribution in [0.15, 0.2) is 60.7 Å². The molecule has 6 N–H and O–H groups in total. The Labute approximate surface area is 323 Å². The number of halogens is 1. The molecule has 0 bridgehead atoms. The maximum absolute atomic E-state index is 11.5. The fourth-order valence-corrected chi connectivity index (χ4v) is 6.67. The predicted molar refractivity (Wildman–Crippen MR) is 212 cm³/mol. The number of carbonyl (C=O) groups is 2. The molecule has 1 unspecified atom stereocenters. The summed E-state index contributed by atoms with van der Waals surface area (Å²) >= 11 is 0. The van der Waals surface area contributed by atoms with E-state index in [1.165, 1.54) is 5.56 Å². The van der Waals surface area contributed by atoms with Crippen LogP contribution in [-0.4, -0.2) is 81.5 Å². The number of β-amino-alcohol motifs (C(OH)–C–C–N with tert-alkyl or cyclic N) is 1. The molecular formula is C42H65ClN2O8. The zero-order chi connectivity index (χ0) is 38.1. The molecule has 2 aliphatic rings. The molecule has 1 aliphatic carbocycles. The summed E-state index contributed by atoms with van der Waals surface area (Å²) in [7, 11) is 0. The zero-order valence-corrected chi connectivity index (χ0v) is 33.2. The SMILES string of the molecule is CC(C)(C)NCC(O)COc1cccc2c1CCC(=O)N2.CC(C)OC(=O)CCC/C=C\C[C@@H]1[C@@H](CC[C@@H](O)CCc2ccccc2)[C@H](O)C[C@@H]1O.Cl. The number of unbranched alkanes of at least 4 members (excludes halogenated alkanes) is 1. The summed E-state index contributed by atoms with van der Waals surface area (Å²) in [5.74, 6) is 0.630. The number of amides is 1. The maximum Gasteiger partial charge on any atom is 0.306 e. The second-order valence-corrected chi connectivity index (χ2v) is 15.5. The molecule has 0 saturated heterocycles. The quantitative estimate of drug-likeness (QED) is 0.0583. The number of nitrogens with one attached hydrogen (secondary N) is 2. The molecule has 1 aliphatic heterocycles. The molecule has 1 saturated carbocycles. The number of aliphatic hydroxyl groups is 4. The van der Waals surface area contributed by atoms with Gasteiger partial charge in [0.1, 0.15) is 18.5 Å². The zero-order valence-electron chi connectivity index (χ0n) is 32.3. The first-order valence-corrected chi connectivity index (χ1v) is 19.1. The van der Waals surface area contributed by atoms with E-state index >= 15 is 0 Å². The van der Waals surface area contributed by atoms with Gasteiger partial charge in [-0.3, -0.25) is 9.59 Å². The van der Waals surface area contributed by atoms with Crippen molar-refractivity contribution in [1.29, 1.82) is 0 Å². The lowest BCUT2D eigenvalue weighted by molar-refractivity contribution is -0.147. The van der Waals surface area contributed by atoms with Gasteiger partial charge in [0.25, 0.3) is 0 Å². The Morgan fingerprint density at radius 1 is 0.962 bits per heavy atom. The normalized spacial score (nSPS) is 20.8. The largest absolute Gasteiger partial charge is 0.490 e. The third-order valence-electron chi connectivity index (χ3n) is 9.47. The van der Waals surface area contributed by atoms with E-state index in [0.29, 0.717) is 57.9 Å². The third kappa shape index (κ3) is 17.8. The average molecular weight is 761 g/mol. The van der Waals surface area contributed by atoms with Crippen molar-refractivity contribution in [1.82, 2.24) is 5.32 Å². The molecule has 1 amide bonds.